The van der Waals surface area contributed by atoms with E-state index in [1.165, 1.54) is 31.4 Å². The zero-order valence-electron chi connectivity index (χ0n) is 15.8. The van der Waals surface area contributed by atoms with Crippen LogP contribution in [0.5, 0.6) is 11.5 Å². The van der Waals surface area contributed by atoms with E-state index in [1.54, 1.807) is 9.80 Å². The quantitative estimate of drug-likeness (QED) is 0.677. The molecule has 2 heterocycles. The number of rotatable bonds is 5. The number of piperazine rings is 1. The van der Waals surface area contributed by atoms with Crippen molar-refractivity contribution >= 4 is 11.7 Å². The minimum Gasteiger partial charge on any atom is -0.493 e. The van der Waals surface area contributed by atoms with Gasteiger partial charge in [0.1, 0.15) is 5.82 Å². The van der Waals surface area contributed by atoms with Gasteiger partial charge in [-0.15, -0.1) is 0 Å². The third-order valence-electron chi connectivity index (χ3n) is 4.59. The first-order valence-electron chi connectivity index (χ1n) is 8.89. The molecule has 0 aliphatic carbocycles. The van der Waals surface area contributed by atoms with Gasteiger partial charge in [0.05, 0.1) is 12.7 Å². The van der Waals surface area contributed by atoms with Crippen molar-refractivity contribution in [2.45, 2.75) is 12.8 Å². The first kappa shape index (κ1) is 21.6. The molecule has 1 fully saturated rings. The summed E-state index contributed by atoms with van der Waals surface area (Å²) in [6.45, 7) is -1.62. The zero-order chi connectivity index (χ0) is 21.9. The van der Waals surface area contributed by atoms with E-state index in [0.717, 1.165) is 12.3 Å². The van der Waals surface area contributed by atoms with Crippen molar-refractivity contribution in [2.75, 3.05) is 38.2 Å². The van der Waals surface area contributed by atoms with E-state index in [4.69, 9.17) is 4.74 Å². The molecular weight excluding hydrogens is 413 g/mol. The van der Waals surface area contributed by atoms with Crippen LogP contribution in [0.1, 0.15) is 15.9 Å². The summed E-state index contributed by atoms with van der Waals surface area (Å²) >= 11 is 0. The zero-order valence-corrected chi connectivity index (χ0v) is 15.8. The molecule has 0 spiro atoms. The van der Waals surface area contributed by atoms with Gasteiger partial charge in [-0.05, 0) is 30.3 Å². The van der Waals surface area contributed by atoms with Gasteiger partial charge in [-0.2, -0.15) is 22.0 Å². The van der Waals surface area contributed by atoms with E-state index < -0.39 is 18.4 Å². The van der Waals surface area contributed by atoms with Gasteiger partial charge in [-0.3, -0.25) is 4.79 Å². The molecule has 0 atom stereocenters. The number of pyridine rings is 1. The molecule has 1 aliphatic heterocycles. The molecule has 1 aromatic heterocycles. The van der Waals surface area contributed by atoms with Crippen molar-refractivity contribution in [2.24, 2.45) is 0 Å². The summed E-state index contributed by atoms with van der Waals surface area (Å²) in [5, 5.41) is 0. The topological polar surface area (TPSA) is 54.9 Å². The first-order chi connectivity index (χ1) is 14.2. The highest BCUT2D eigenvalue weighted by Crippen LogP contribution is 2.31. The number of halogens is 5. The Kier molecular flexibility index (Phi) is 6.28. The number of hydrogen-bond acceptors (Lipinski definition) is 5. The number of alkyl halides is 5. The van der Waals surface area contributed by atoms with Gasteiger partial charge in [0, 0.05) is 37.9 Å². The Balaban J connectivity index is 1.64. The second kappa shape index (κ2) is 8.72. The van der Waals surface area contributed by atoms with Gasteiger partial charge < -0.3 is 19.3 Å². The maximum Gasteiger partial charge on any atom is 0.417 e. The SMILES string of the molecule is COc1cc(C(=O)N2CCN(c3ccc(C(F)(F)F)cn3)CC2)ccc1OC(F)F. The largest absolute Gasteiger partial charge is 0.493 e. The van der Waals surface area contributed by atoms with Crippen LogP contribution in [-0.2, 0) is 6.18 Å². The van der Waals surface area contributed by atoms with E-state index in [9.17, 15) is 26.7 Å². The van der Waals surface area contributed by atoms with Gasteiger partial charge in [-0.25, -0.2) is 4.98 Å². The van der Waals surface area contributed by atoms with Gasteiger partial charge in [0.15, 0.2) is 11.5 Å². The number of ether oxygens (including phenoxy) is 2. The fraction of sp³-hybridized carbons (Fsp3) is 0.368. The summed E-state index contributed by atoms with van der Waals surface area (Å²) in [6, 6.07) is 6.19. The minimum atomic E-state index is -4.45. The number of nitrogens with zero attached hydrogens (tertiary/aromatic N) is 3. The molecule has 1 saturated heterocycles. The summed E-state index contributed by atoms with van der Waals surface area (Å²) in [5.74, 6) is -0.0989. The number of anilines is 1. The van der Waals surface area contributed by atoms with Crippen molar-refractivity contribution in [1.82, 2.24) is 9.88 Å². The molecule has 0 saturated carbocycles. The molecular formula is C19H18F5N3O3. The normalized spacial score (nSPS) is 14.8. The monoisotopic (exact) mass is 431 g/mol. The highest BCUT2D eigenvalue weighted by atomic mass is 19.4. The maximum atomic E-state index is 12.7. The number of amides is 1. The number of methoxy groups -OCH3 is 1. The Morgan fingerprint density at radius 1 is 1.07 bits per heavy atom. The first-order valence-corrected chi connectivity index (χ1v) is 8.89. The second-order valence-electron chi connectivity index (χ2n) is 6.43. The fourth-order valence-electron chi connectivity index (χ4n) is 3.06. The smallest absolute Gasteiger partial charge is 0.417 e. The molecule has 1 aliphatic rings. The molecule has 2 aromatic rings. The number of carbonyl (C=O) groups excluding carboxylic acids is 1. The molecule has 1 amide bonds. The van der Waals surface area contributed by atoms with Crippen molar-refractivity contribution in [3.63, 3.8) is 0 Å². The molecule has 30 heavy (non-hydrogen) atoms. The lowest BCUT2D eigenvalue weighted by Gasteiger charge is -2.35. The van der Waals surface area contributed by atoms with Gasteiger partial charge in [-0.1, -0.05) is 0 Å². The van der Waals surface area contributed by atoms with Crippen molar-refractivity contribution < 1.29 is 36.2 Å². The number of hydrogen-bond donors (Lipinski definition) is 0. The van der Waals surface area contributed by atoms with E-state index in [0.29, 0.717) is 32.0 Å². The molecule has 0 bridgehead atoms. The van der Waals surface area contributed by atoms with Crippen LogP contribution in [0, 0.1) is 0 Å². The van der Waals surface area contributed by atoms with Crippen LogP contribution in [0.25, 0.3) is 0 Å². The minimum absolute atomic E-state index is 0.00809. The average Bonchev–Trinajstić information content (AvgIpc) is 2.73. The Morgan fingerprint density at radius 2 is 1.77 bits per heavy atom. The third kappa shape index (κ3) is 4.89. The molecule has 0 radical (unpaired) electrons. The summed E-state index contributed by atoms with van der Waals surface area (Å²) in [5.41, 5.74) is -0.581. The molecule has 0 N–H and O–H groups in total. The standard InChI is InChI=1S/C19H18F5N3O3/c1-29-15-10-12(2-4-14(15)30-18(20)21)17(28)27-8-6-26(7-9-27)16-5-3-13(11-25-16)19(22,23)24/h2-5,10-11,18H,6-9H2,1H3. The Bertz CT molecular complexity index is 882. The molecule has 6 nitrogen and oxygen atoms in total. The van der Waals surface area contributed by atoms with Crippen LogP contribution in [-0.4, -0.2) is 55.7 Å². The lowest BCUT2D eigenvalue weighted by molar-refractivity contribution is -0.137. The van der Waals surface area contributed by atoms with Crippen LogP contribution in [0.2, 0.25) is 0 Å². The van der Waals surface area contributed by atoms with Crippen molar-refractivity contribution in [3.05, 3.63) is 47.7 Å². The van der Waals surface area contributed by atoms with Crippen LogP contribution in [0.4, 0.5) is 27.8 Å². The van der Waals surface area contributed by atoms with Crippen LogP contribution in [0.3, 0.4) is 0 Å². The highest BCUT2D eigenvalue weighted by Gasteiger charge is 2.31. The lowest BCUT2D eigenvalue weighted by atomic mass is 10.1. The average molecular weight is 431 g/mol. The van der Waals surface area contributed by atoms with Crippen LogP contribution >= 0.6 is 0 Å². The number of carbonyl (C=O) groups is 1. The number of aromatic nitrogens is 1. The van der Waals surface area contributed by atoms with E-state index in [2.05, 4.69) is 9.72 Å². The summed E-state index contributed by atoms with van der Waals surface area (Å²) in [6.07, 6.45) is -3.67. The highest BCUT2D eigenvalue weighted by molar-refractivity contribution is 5.95. The van der Waals surface area contributed by atoms with Crippen molar-refractivity contribution in [3.8, 4) is 11.5 Å². The third-order valence-corrected chi connectivity index (χ3v) is 4.59. The molecule has 1 aromatic carbocycles. The summed E-state index contributed by atoms with van der Waals surface area (Å²) in [4.78, 5) is 19.9. The molecule has 11 heteroatoms. The Labute approximate surface area is 168 Å². The van der Waals surface area contributed by atoms with E-state index in [-0.39, 0.29) is 23.0 Å². The predicted octanol–water partition coefficient (Wildman–Crippen LogP) is 3.67. The fourth-order valence-corrected chi connectivity index (χ4v) is 3.06. The van der Waals surface area contributed by atoms with E-state index in [1.807, 2.05) is 0 Å². The molecule has 3 rings (SSSR count). The van der Waals surface area contributed by atoms with Crippen LogP contribution in [0.15, 0.2) is 36.5 Å². The van der Waals surface area contributed by atoms with Gasteiger partial charge >= 0.3 is 12.8 Å². The van der Waals surface area contributed by atoms with Crippen molar-refractivity contribution in [1.29, 1.82) is 0 Å². The summed E-state index contributed by atoms with van der Waals surface area (Å²) < 4.78 is 72.2. The predicted molar refractivity (Wildman–Crippen MR) is 97.0 cm³/mol. The van der Waals surface area contributed by atoms with Gasteiger partial charge in [0.25, 0.3) is 5.91 Å². The maximum absolute atomic E-state index is 12.7. The summed E-state index contributed by atoms with van der Waals surface area (Å²) in [7, 11) is 1.28. The molecule has 0 unspecified atom stereocenters. The van der Waals surface area contributed by atoms with Gasteiger partial charge in [0.2, 0.25) is 0 Å². The van der Waals surface area contributed by atoms with Crippen LogP contribution < -0.4 is 14.4 Å². The molecule has 162 valence electrons. The lowest BCUT2D eigenvalue weighted by Crippen LogP contribution is -2.49. The second-order valence-corrected chi connectivity index (χ2v) is 6.43. The van der Waals surface area contributed by atoms with E-state index >= 15 is 0 Å². The Morgan fingerprint density at radius 3 is 2.30 bits per heavy atom. The Hall–Kier alpha value is -3.11. The number of benzene rings is 1.